The van der Waals surface area contributed by atoms with Gasteiger partial charge in [0.2, 0.25) is 5.91 Å². The van der Waals surface area contributed by atoms with Gasteiger partial charge in [0.15, 0.2) is 0 Å². The highest BCUT2D eigenvalue weighted by Gasteiger charge is 2.13. The lowest BCUT2D eigenvalue weighted by Gasteiger charge is -2.22. The normalized spacial score (nSPS) is 18.0. The Balaban J connectivity index is 1.59. The summed E-state index contributed by atoms with van der Waals surface area (Å²) in [6.45, 7) is 3.29. The fourth-order valence-corrected chi connectivity index (χ4v) is 2.80. The first-order valence-corrected chi connectivity index (χ1v) is 8.46. The van der Waals surface area contributed by atoms with Crippen LogP contribution in [-0.2, 0) is 4.79 Å². The fourth-order valence-electron chi connectivity index (χ4n) is 2.46. The van der Waals surface area contributed by atoms with E-state index in [4.69, 9.17) is 27.9 Å². The largest absolute Gasteiger partial charge is 0.492 e. The van der Waals surface area contributed by atoms with Crippen molar-refractivity contribution in [1.29, 1.82) is 0 Å². The van der Waals surface area contributed by atoms with Crippen LogP contribution in [0.2, 0.25) is 10.0 Å². The minimum Gasteiger partial charge on any atom is -0.492 e. The molecule has 1 saturated heterocycles. The summed E-state index contributed by atoms with van der Waals surface area (Å²) in [6, 6.07) is 5.27. The van der Waals surface area contributed by atoms with E-state index >= 15 is 0 Å². The Labute approximate surface area is 141 Å². The van der Waals surface area contributed by atoms with Gasteiger partial charge in [-0.15, -0.1) is 0 Å². The van der Waals surface area contributed by atoms with Gasteiger partial charge in [-0.2, -0.15) is 0 Å². The number of piperidine rings is 1. The van der Waals surface area contributed by atoms with Crippen LogP contribution in [0.1, 0.15) is 25.7 Å². The Kier molecular flexibility index (Phi) is 7.30. The predicted molar refractivity (Wildman–Crippen MR) is 89.8 cm³/mol. The maximum Gasteiger partial charge on any atom is 0.220 e. The highest BCUT2D eigenvalue weighted by Crippen LogP contribution is 2.31. The molecule has 0 saturated carbocycles. The highest BCUT2D eigenvalue weighted by molar-refractivity contribution is 6.42. The van der Waals surface area contributed by atoms with Crippen LogP contribution in [0, 0.1) is 5.92 Å². The predicted octanol–water partition coefficient (Wildman–Crippen LogP) is 3.27. The number of amides is 1. The van der Waals surface area contributed by atoms with Gasteiger partial charge in [-0.1, -0.05) is 29.3 Å². The molecule has 1 atom stereocenters. The highest BCUT2D eigenvalue weighted by atomic mass is 35.5. The lowest BCUT2D eigenvalue weighted by molar-refractivity contribution is -0.121. The van der Waals surface area contributed by atoms with Gasteiger partial charge in [0.25, 0.3) is 0 Å². The van der Waals surface area contributed by atoms with Gasteiger partial charge in [-0.25, -0.2) is 0 Å². The number of ether oxygens (including phenoxy) is 1. The molecule has 1 aliphatic rings. The summed E-state index contributed by atoms with van der Waals surface area (Å²) in [5.74, 6) is 1.19. The van der Waals surface area contributed by atoms with Crippen molar-refractivity contribution in [3.63, 3.8) is 0 Å². The Morgan fingerprint density at radius 2 is 2.27 bits per heavy atom. The lowest BCUT2D eigenvalue weighted by atomic mass is 10.00. The zero-order valence-electron chi connectivity index (χ0n) is 12.5. The second-order valence-corrected chi connectivity index (χ2v) is 6.31. The standard InChI is InChI=1S/C16H22Cl2N2O2/c17-13-5-1-6-14(16(13)18)22-9-3-7-15(21)20-11-12-4-2-8-19-10-12/h1,5-6,12,19H,2-4,7-11H2,(H,20,21). The van der Waals surface area contributed by atoms with Gasteiger partial charge in [0, 0.05) is 13.0 Å². The molecule has 1 unspecified atom stereocenters. The van der Waals surface area contributed by atoms with E-state index < -0.39 is 0 Å². The van der Waals surface area contributed by atoms with Crippen molar-refractivity contribution in [2.75, 3.05) is 26.2 Å². The Morgan fingerprint density at radius 3 is 3.05 bits per heavy atom. The third-order valence-electron chi connectivity index (χ3n) is 3.71. The third-order valence-corrected chi connectivity index (χ3v) is 4.51. The summed E-state index contributed by atoms with van der Waals surface area (Å²) < 4.78 is 5.56. The topological polar surface area (TPSA) is 50.4 Å². The second kappa shape index (κ2) is 9.23. The average Bonchev–Trinajstić information content (AvgIpc) is 2.54. The van der Waals surface area contributed by atoms with Crippen molar-refractivity contribution in [3.8, 4) is 5.75 Å². The molecule has 22 heavy (non-hydrogen) atoms. The second-order valence-electron chi connectivity index (χ2n) is 5.52. The van der Waals surface area contributed by atoms with Crippen molar-refractivity contribution in [2.24, 2.45) is 5.92 Å². The van der Waals surface area contributed by atoms with Crippen LogP contribution in [0.3, 0.4) is 0 Å². The molecule has 0 aromatic heterocycles. The molecule has 122 valence electrons. The SMILES string of the molecule is O=C(CCCOc1cccc(Cl)c1Cl)NCC1CCCNC1. The minimum atomic E-state index is 0.0753. The minimum absolute atomic E-state index is 0.0753. The van der Waals surface area contributed by atoms with Gasteiger partial charge in [-0.05, 0) is 50.4 Å². The molecule has 1 aromatic carbocycles. The average molecular weight is 345 g/mol. The third kappa shape index (κ3) is 5.67. The van der Waals surface area contributed by atoms with E-state index in [0.717, 1.165) is 19.6 Å². The zero-order valence-corrected chi connectivity index (χ0v) is 14.1. The first-order valence-electron chi connectivity index (χ1n) is 7.71. The van der Waals surface area contributed by atoms with Gasteiger partial charge in [0.05, 0.1) is 11.6 Å². The number of hydrogen-bond acceptors (Lipinski definition) is 3. The number of hydrogen-bond donors (Lipinski definition) is 2. The first kappa shape index (κ1) is 17.4. The molecule has 0 aliphatic carbocycles. The monoisotopic (exact) mass is 344 g/mol. The van der Waals surface area contributed by atoms with Crippen LogP contribution < -0.4 is 15.4 Å². The van der Waals surface area contributed by atoms with E-state index in [2.05, 4.69) is 10.6 Å². The smallest absolute Gasteiger partial charge is 0.220 e. The van der Waals surface area contributed by atoms with Crippen LogP contribution in [-0.4, -0.2) is 32.1 Å². The summed E-state index contributed by atoms with van der Waals surface area (Å²) in [5.41, 5.74) is 0. The van der Waals surface area contributed by atoms with Crippen molar-refractivity contribution in [3.05, 3.63) is 28.2 Å². The number of nitrogens with one attached hydrogen (secondary N) is 2. The summed E-state index contributed by atoms with van der Waals surface area (Å²) in [6.07, 6.45) is 3.48. The van der Waals surface area contributed by atoms with E-state index in [1.165, 1.54) is 12.8 Å². The van der Waals surface area contributed by atoms with Gasteiger partial charge >= 0.3 is 0 Å². The zero-order chi connectivity index (χ0) is 15.8. The summed E-state index contributed by atoms with van der Waals surface area (Å²) in [4.78, 5) is 11.8. The van der Waals surface area contributed by atoms with Crippen molar-refractivity contribution in [2.45, 2.75) is 25.7 Å². The molecule has 6 heteroatoms. The molecule has 1 aliphatic heterocycles. The van der Waals surface area contributed by atoms with Crippen molar-refractivity contribution in [1.82, 2.24) is 10.6 Å². The lowest BCUT2D eigenvalue weighted by Crippen LogP contribution is -2.38. The van der Waals surface area contributed by atoms with Gasteiger partial charge < -0.3 is 15.4 Å². The quantitative estimate of drug-likeness (QED) is 0.746. The molecule has 0 radical (unpaired) electrons. The van der Waals surface area contributed by atoms with E-state index in [1.54, 1.807) is 18.2 Å². The number of rotatable bonds is 7. The number of halogens is 2. The van der Waals surface area contributed by atoms with Crippen LogP contribution in [0.15, 0.2) is 18.2 Å². The van der Waals surface area contributed by atoms with Crippen molar-refractivity contribution >= 4 is 29.1 Å². The first-order chi connectivity index (χ1) is 10.7. The van der Waals surface area contributed by atoms with E-state index in [-0.39, 0.29) is 5.91 Å². The summed E-state index contributed by atoms with van der Waals surface area (Å²) in [5, 5.41) is 7.22. The molecule has 1 aromatic rings. The molecule has 1 amide bonds. The number of benzene rings is 1. The maximum absolute atomic E-state index is 11.8. The van der Waals surface area contributed by atoms with E-state index in [0.29, 0.717) is 41.2 Å². The van der Waals surface area contributed by atoms with Crippen molar-refractivity contribution < 1.29 is 9.53 Å². The molecule has 2 N–H and O–H groups in total. The number of carbonyl (C=O) groups is 1. The van der Waals surface area contributed by atoms with Gasteiger partial charge in [0.1, 0.15) is 10.8 Å². The van der Waals surface area contributed by atoms with Gasteiger partial charge in [-0.3, -0.25) is 4.79 Å². The van der Waals surface area contributed by atoms with E-state index in [9.17, 15) is 4.79 Å². The summed E-state index contributed by atoms with van der Waals surface area (Å²) >= 11 is 11.9. The molecular formula is C16H22Cl2N2O2. The molecule has 0 spiro atoms. The number of carbonyl (C=O) groups excluding carboxylic acids is 1. The molecule has 1 fully saturated rings. The van der Waals surface area contributed by atoms with Crippen LogP contribution in [0.4, 0.5) is 0 Å². The maximum atomic E-state index is 11.8. The Morgan fingerprint density at radius 1 is 1.41 bits per heavy atom. The molecule has 1 heterocycles. The molecule has 4 nitrogen and oxygen atoms in total. The van der Waals surface area contributed by atoms with Crippen LogP contribution >= 0.6 is 23.2 Å². The molecule has 0 bridgehead atoms. The molecular weight excluding hydrogens is 323 g/mol. The van der Waals surface area contributed by atoms with Crippen LogP contribution in [0.5, 0.6) is 5.75 Å². The Hall–Kier alpha value is -0.970. The summed E-state index contributed by atoms with van der Waals surface area (Å²) in [7, 11) is 0. The molecule has 2 rings (SSSR count). The fraction of sp³-hybridized carbons (Fsp3) is 0.562. The Bertz CT molecular complexity index is 491. The van der Waals surface area contributed by atoms with E-state index in [1.807, 2.05) is 0 Å². The van der Waals surface area contributed by atoms with Crippen LogP contribution in [0.25, 0.3) is 0 Å².